The van der Waals surface area contributed by atoms with Crippen molar-refractivity contribution in [2.45, 2.75) is 45.6 Å². The van der Waals surface area contributed by atoms with Crippen LogP contribution < -0.4 is 16.2 Å². The van der Waals surface area contributed by atoms with Gasteiger partial charge in [-0.25, -0.2) is 4.98 Å². The van der Waals surface area contributed by atoms with Crippen molar-refractivity contribution in [1.82, 2.24) is 14.5 Å². The molecule has 0 aliphatic heterocycles. The highest BCUT2D eigenvalue weighted by Gasteiger charge is 2.10. The molecule has 28 heavy (non-hydrogen) atoms. The number of aliphatic hydroxyl groups is 1. The van der Waals surface area contributed by atoms with Gasteiger partial charge in [0.05, 0.1) is 19.2 Å². The number of hydrogen-bond acceptors (Lipinski definition) is 6. The highest BCUT2D eigenvalue weighted by Crippen LogP contribution is 2.24. The molecule has 2 aromatic heterocycles. The number of unbranched alkanes of at least 4 members (excludes halogenated alkanes) is 4. The molecule has 0 unspecified atom stereocenters. The summed E-state index contributed by atoms with van der Waals surface area (Å²) in [5, 5.41) is 8.37. The smallest absolute Gasteiger partial charge is 0.222 e. The highest BCUT2D eigenvalue weighted by atomic mass is 16.5. The number of hydrogen-bond donors (Lipinski definition) is 3. The van der Waals surface area contributed by atoms with E-state index in [0.29, 0.717) is 19.0 Å². The van der Waals surface area contributed by atoms with Crippen molar-refractivity contribution in [2.75, 3.05) is 25.2 Å². The lowest BCUT2D eigenvalue weighted by atomic mass is 10.2. The van der Waals surface area contributed by atoms with Gasteiger partial charge in [-0.15, -0.1) is 0 Å². The molecule has 3 rings (SSSR count). The number of methoxy groups -OCH3 is 1. The Morgan fingerprint density at radius 3 is 2.50 bits per heavy atom. The molecule has 0 saturated carbocycles. The Morgan fingerprint density at radius 2 is 1.79 bits per heavy atom. The molecule has 0 atom stereocenters. The van der Waals surface area contributed by atoms with Gasteiger partial charge >= 0.3 is 0 Å². The monoisotopic (exact) mass is 385 g/mol. The van der Waals surface area contributed by atoms with Gasteiger partial charge in [-0.3, -0.25) is 0 Å². The van der Waals surface area contributed by atoms with Crippen LogP contribution in [0.5, 0.6) is 5.75 Å². The Labute approximate surface area is 166 Å². The van der Waals surface area contributed by atoms with Gasteiger partial charge in [0.15, 0.2) is 5.82 Å². The molecule has 0 radical (unpaired) electrons. The summed E-state index contributed by atoms with van der Waals surface area (Å²) >= 11 is 0. The zero-order valence-corrected chi connectivity index (χ0v) is 16.8. The lowest BCUT2D eigenvalue weighted by Crippen LogP contribution is -2.05. The molecule has 0 saturated heterocycles. The minimum absolute atomic E-state index is 0.185. The van der Waals surface area contributed by atoms with E-state index in [1.807, 2.05) is 41.1 Å². The van der Waals surface area contributed by atoms with Crippen molar-refractivity contribution < 1.29 is 9.84 Å². The molecule has 0 spiro atoms. The van der Waals surface area contributed by atoms with Crippen molar-refractivity contribution >= 4 is 22.8 Å². The van der Waals surface area contributed by atoms with Crippen LogP contribution in [0.1, 0.15) is 44.6 Å². The van der Waals surface area contributed by atoms with Crippen LogP contribution in [0.15, 0.2) is 36.5 Å². The molecule has 0 amide bonds. The number of aliphatic hydroxyl groups excluding tert-OH is 1. The Bertz CT molecular complexity index is 857. The second kappa shape index (κ2) is 11.1. The Morgan fingerprint density at radius 1 is 1.04 bits per heavy atom. The molecule has 152 valence electrons. The molecule has 5 N–H and O–H groups in total. The minimum atomic E-state index is 0.185. The van der Waals surface area contributed by atoms with E-state index in [9.17, 15) is 0 Å². The summed E-state index contributed by atoms with van der Waals surface area (Å²) < 4.78 is 7.35. The first kappa shape index (κ1) is 21.5. The Hall–Kier alpha value is -2.80. The number of ether oxygens (including phenoxy) is 1. The number of benzene rings is 1. The molecular weight excluding hydrogens is 354 g/mol. The van der Waals surface area contributed by atoms with Gasteiger partial charge in [-0.05, 0) is 18.6 Å². The first-order valence-electron chi connectivity index (χ1n) is 9.71. The summed E-state index contributed by atoms with van der Waals surface area (Å²) in [6, 6.07) is 9.73. The van der Waals surface area contributed by atoms with E-state index in [2.05, 4.69) is 16.9 Å². The summed E-state index contributed by atoms with van der Waals surface area (Å²) in [7, 11) is 1.66. The maximum Gasteiger partial charge on any atom is 0.222 e. The van der Waals surface area contributed by atoms with Crippen molar-refractivity contribution in [2.24, 2.45) is 0 Å². The fourth-order valence-corrected chi connectivity index (χ4v) is 3.02. The Kier molecular flexibility index (Phi) is 8.55. The van der Waals surface area contributed by atoms with Crippen molar-refractivity contribution in [3.63, 3.8) is 0 Å². The molecule has 0 fully saturated rings. The van der Waals surface area contributed by atoms with E-state index in [1.165, 1.54) is 25.7 Å². The zero-order valence-electron chi connectivity index (χ0n) is 16.8. The van der Waals surface area contributed by atoms with Crippen LogP contribution in [0, 0.1) is 0 Å². The van der Waals surface area contributed by atoms with Gasteiger partial charge in [0, 0.05) is 18.4 Å². The van der Waals surface area contributed by atoms with Gasteiger partial charge in [-0.1, -0.05) is 50.8 Å². The first-order valence-corrected chi connectivity index (χ1v) is 9.71. The SMILES string of the molecule is CCCCCCCO.COc1ccccc1Cn1ccc2nc(N)nc(N)c21. The molecule has 0 aliphatic carbocycles. The highest BCUT2D eigenvalue weighted by molar-refractivity contribution is 5.86. The fraction of sp³-hybridized carbons (Fsp3) is 0.429. The third kappa shape index (κ3) is 5.85. The topological polar surface area (TPSA) is 112 Å². The predicted molar refractivity (Wildman–Crippen MR) is 114 cm³/mol. The molecule has 7 heteroatoms. The number of rotatable bonds is 8. The maximum absolute atomic E-state index is 8.37. The lowest BCUT2D eigenvalue weighted by Gasteiger charge is -2.10. The molecule has 3 aromatic rings. The lowest BCUT2D eigenvalue weighted by molar-refractivity contribution is 0.282. The summed E-state index contributed by atoms with van der Waals surface area (Å²) in [5.41, 5.74) is 14.1. The molecular formula is C21H31N5O2. The van der Waals surface area contributed by atoms with Crippen LogP contribution in [0.3, 0.4) is 0 Å². The summed E-state index contributed by atoms with van der Waals surface area (Å²) in [6.07, 6.45) is 7.99. The average molecular weight is 386 g/mol. The quantitative estimate of drug-likeness (QED) is 0.511. The van der Waals surface area contributed by atoms with Crippen LogP contribution >= 0.6 is 0 Å². The first-order chi connectivity index (χ1) is 13.6. The van der Waals surface area contributed by atoms with Gasteiger partial charge in [-0.2, -0.15) is 4.98 Å². The molecule has 1 aromatic carbocycles. The number of nitrogens with two attached hydrogens (primary N) is 2. The number of nitrogen functional groups attached to an aromatic ring is 2. The number of nitrogens with zero attached hydrogens (tertiary/aromatic N) is 3. The number of anilines is 2. The third-order valence-electron chi connectivity index (χ3n) is 4.45. The standard InChI is InChI=1S/C14H15N5O.C7H16O/c1-20-11-5-3-2-4-9(11)8-19-7-6-10-12(19)13(15)18-14(16)17-10;1-2-3-4-5-6-7-8/h2-7H,8H2,1H3,(H4,15,16,17,18);8H,2-7H2,1H3. The van der Waals surface area contributed by atoms with Crippen LogP contribution in [0.4, 0.5) is 11.8 Å². The zero-order chi connectivity index (χ0) is 20.4. The molecule has 0 aliphatic rings. The number of para-hydroxylation sites is 1. The summed E-state index contributed by atoms with van der Waals surface area (Å²) in [5.74, 6) is 1.40. The minimum Gasteiger partial charge on any atom is -0.496 e. The summed E-state index contributed by atoms with van der Waals surface area (Å²) in [6.45, 7) is 3.19. The van der Waals surface area contributed by atoms with Gasteiger partial charge in [0.1, 0.15) is 11.3 Å². The van der Waals surface area contributed by atoms with E-state index in [-0.39, 0.29) is 5.95 Å². The van der Waals surface area contributed by atoms with Gasteiger partial charge in [0.25, 0.3) is 0 Å². The number of fused-ring (bicyclic) bond motifs is 1. The van der Waals surface area contributed by atoms with E-state index >= 15 is 0 Å². The van der Waals surface area contributed by atoms with Crippen LogP contribution in [0.2, 0.25) is 0 Å². The second-order valence-electron chi connectivity index (χ2n) is 6.59. The van der Waals surface area contributed by atoms with Gasteiger partial charge in [0.2, 0.25) is 5.95 Å². The molecule has 0 bridgehead atoms. The normalized spacial score (nSPS) is 10.5. The maximum atomic E-state index is 8.37. The molecule has 7 nitrogen and oxygen atoms in total. The van der Waals surface area contributed by atoms with Crippen molar-refractivity contribution in [3.05, 3.63) is 42.1 Å². The summed E-state index contributed by atoms with van der Waals surface area (Å²) in [4.78, 5) is 8.19. The number of aromatic nitrogens is 3. The van der Waals surface area contributed by atoms with Crippen molar-refractivity contribution in [1.29, 1.82) is 0 Å². The van der Waals surface area contributed by atoms with E-state index in [1.54, 1.807) is 7.11 Å². The Balaban J connectivity index is 0.000000300. The second-order valence-corrected chi connectivity index (χ2v) is 6.59. The van der Waals surface area contributed by atoms with Crippen LogP contribution in [-0.4, -0.2) is 33.4 Å². The van der Waals surface area contributed by atoms with E-state index in [4.69, 9.17) is 21.3 Å². The average Bonchev–Trinajstić information content (AvgIpc) is 3.09. The third-order valence-corrected chi connectivity index (χ3v) is 4.45. The van der Waals surface area contributed by atoms with Gasteiger partial charge < -0.3 is 25.9 Å². The van der Waals surface area contributed by atoms with Crippen molar-refractivity contribution in [3.8, 4) is 5.75 Å². The van der Waals surface area contributed by atoms with Crippen LogP contribution in [-0.2, 0) is 6.54 Å². The largest absolute Gasteiger partial charge is 0.496 e. The fourth-order valence-electron chi connectivity index (χ4n) is 3.02. The van der Waals surface area contributed by atoms with E-state index < -0.39 is 0 Å². The predicted octanol–water partition coefficient (Wildman–Crippen LogP) is 3.60. The van der Waals surface area contributed by atoms with E-state index in [0.717, 1.165) is 28.8 Å². The molecule has 2 heterocycles. The van der Waals surface area contributed by atoms with Crippen LogP contribution in [0.25, 0.3) is 11.0 Å².